The van der Waals surface area contributed by atoms with Crippen molar-refractivity contribution in [1.29, 1.82) is 0 Å². The van der Waals surface area contributed by atoms with Crippen LogP contribution in [-0.2, 0) is 14.7 Å². The van der Waals surface area contributed by atoms with Crippen LogP contribution in [0, 0.1) is 0 Å². The van der Waals surface area contributed by atoms with E-state index in [4.69, 9.17) is 0 Å². The Morgan fingerprint density at radius 1 is 1.50 bits per heavy atom. The summed E-state index contributed by atoms with van der Waals surface area (Å²) in [5.41, 5.74) is 1.30. The van der Waals surface area contributed by atoms with Gasteiger partial charge in [-0.2, -0.15) is 0 Å². The van der Waals surface area contributed by atoms with Crippen LogP contribution in [0.3, 0.4) is 0 Å². The van der Waals surface area contributed by atoms with Gasteiger partial charge in [-0.15, -0.1) is 5.48 Å². The van der Waals surface area contributed by atoms with Crippen LogP contribution in [0.25, 0.3) is 0 Å². The average Bonchev–Trinajstić information content (AvgIpc) is 1.61. The summed E-state index contributed by atoms with van der Waals surface area (Å²) >= 11 is 0. The van der Waals surface area contributed by atoms with Gasteiger partial charge in [-0.25, -0.2) is 9.90 Å². The number of carbonyl (C=O) groups is 2. The molecule has 0 saturated carbocycles. The summed E-state index contributed by atoms with van der Waals surface area (Å²) in [6, 6.07) is 0. The first kappa shape index (κ1) is 6.74. The summed E-state index contributed by atoms with van der Waals surface area (Å²) < 4.78 is 0. The fraction of sp³-hybridized carbons (Fsp3) is 0.333. The van der Waals surface area contributed by atoms with Crippen molar-refractivity contribution in [3.05, 3.63) is 0 Å². The molecule has 1 radical (unpaired) electrons. The number of hydroxylamine groups is 1. The molecule has 5 nitrogen and oxygen atoms in total. The van der Waals surface area contributed by atoms with E-state index in [0.29, 0.717) is 0 Å². The predicted octanol–water partition coefficient (Wildman–Crippen LogP) is -0.395. The molecule has 45 valence electrons. The highest BCUT2D eigenvalue weighted by Crippen LogP contribution is 1.67. The fourth-order valence-electron chi connectivity index (χ4n) is 0.114. The van der Waals surface area contributed by atoms with Crippen molar-refractivity contribution >= 4 is 12.1 Å². The topological polar surface area (TPSA) is 75.3 Å². The third-order valence-electron chi connectivity index (χ3n) is 0.278. The molecule has 1 amide bonds. The van der Waals surface area contributed by atoms with E-state index in [-0.39, 0.29) is 0 Å². The van der Waals surface area contributed by atoms with Crippen molar-refractivity contribution in [3.8, 4) is 0 Å². The zero-order valence-electron chi connectivity index (χ0n) is 4.13. The van der Waals surface area contributed by atoms with Gasteiger partial charge in [-0.3, -0.25) is 4.79 Å². The molecule has 0 aliphatic heterocycles. The van der Waals surface area contributed by atoms with Crippen molar-refractivity contribution in [2.45, 2.75) is 6.92 Å². The molecule has 0 fully saturated rings. The van der Waals surface area contributed by atoms with Crippen LogP contribution in [0.4, 0.5) is 4.79 Å². The van der Waals surface area contributed by atoms with Crippen molar-refractivity contribution in [1.82, 2.24) is 5.48 Å². The Balaban J connectivity index is 3.18. The Morgan fingerprint density at radius 3 is 2.12 bits per heavy atom. The Kier molecular flexibility index (Phi) is 2.39. The van der Waals surface area contributed by atoms with Gasteiger partial charge in [0.15, 0.2) is 0 Å². The quantitative estimate of drug-likeness (QED) is 0.440. The first-order chi connectivity index (χ1) is 3.63. The van der Waals surface area contributed by atoms with Gasteiger partial charge >= 0.3 is 12.1 Å². The minimum atomic E-state index is -1.64. The first-order valence-corrected chi connectivity index (χ1v) is 1.77. The minimum absolute atomic E-state index is 0.728. The van der Waals surface area contributed by atoms with Crippen LogP contribution in [0.15, 0.2) is 0 Å². The summed E-state index contributed by atoms with van der Waals surface area (Å²) in [6.45, 7) is 1.07. The maximum absolute atomic E-state index is 9.77. The van der Waals surface area contributed by atoms with Gasteiger partial charge in [0, 0.05) is 6.92 Å². The van der Waals surface area contributed by atoms with Gasteiger partial charge in [-0.1, -0.05) is 0 Å². The summed E-state index contributed by atoms with van der Waals surface area (Å²) in [6.07, 6.45) is -1.64. The van der Waals surface area contributed by atoms with Crippen LogP contribution in [0.1, 0.15) is 6.92 Å². The molecule has 0 heterocycles. The molecule has 1 N–H and O–H groups in total. The van der Waals surface area contributed by atoms with Crippen LogP contribution in [-0.4, -0.2) is 12.1 Å². The maximum atomic E-state index is 9.77. The van der Waals surface area contributed by atoms with Gasteiger partial charge in [0.2, 0.25) is 0 Å². The molecular formula is C3H4NO4. The SMILES string of the molecule is CC(=O)ONC([O])=O. The molecule has 0 saturated heterocycles. The molecule has 0 spiro atoms. The highest BCUT2D eigenvalue weighted by molar-refractivity contribution is 5.69. The zero-order chi connectivity index (χ0) is 6.57. The normalized spacial score (nSPS) is 7.62. The first-order valence-electron chi connectivity index (χ1n) is 1.77. The Bertz CT molecular complexity index is 95.9. The molecule has 0 aromatic rings. The predicted molar refractivity (Wildman–Crippen MR) is 21.0 cm³/mol. The Morgan fingerprint density at radius 2 is 2.00 bits per heavy atom. The summed E-state index contributed by atoms with van der Waals surface area (Å²) in [7, 11) is 0. The summed E-state index contributed by atoms with van der Waals surface area (Å²) in [4.78, 5) is 22.9. The Labute approximate surface area is 45.2 Å². The van der Waals surface area contributed by atoms with Gasteiger partial charge in [0.1, 0.15) is 0 Å². The van der Waals surface area contributed by atoms with E-state index in [2.05, 4.69) is 4.84 Å². The lowest BCUT2D eigenvalue weighted by molar-refractivity contribution is -0.147. The molecule has 8 heavy (non-hydrogen) atoms. The minimum Gasteiger partial charge on any atom is -0.338 e. The second-order valence-electron chi connectivity index (χ2n) is 0.983. The highest BCUT2D eigenvalue weighted by atomic mass is 16.7. The van der Waals surface area contributed by atoms with E-state index < -0.39 is 12.1 Å². The number of hydrogen-bond acceptors (Lipinski definition) is 3. The lowest BCUT2D eigenvalue weighted by Crippen LogP contribution is -2.22. The molecule has 0 bridgehead atoms. The van der Waals surface area contributed by atoms with E-state index >= 15 is 0 Å². The number of rotatable bonds is 0. The van der Waals surface area contributed by atoms with Gasteiger partial charge < -0.3 is 4.84 Å². The molecule has 5 heteroatoms. The van der Waals surface area contributed by atoms with E-state index in [0.717, 1.165) is 6.92 Å². The maximum Gasteiger partial charge on any atom is 0.482 e. The number of amides is 1. The molecule has 0 unspecified atom stereocenters. The molecule has 0 aliphatic carbocycles. The Hall–Kier alpha value is -1.26. The lowest BCUT2D eigenvalue weighted by Gasteiger charge is -1.92. The lowest BCUT2D eigenvalue weighted by atomic mass is 10.8. The zero-order valence-corrected chi connectivity index (χ0v) is 4.13. The van der Waals surface area contributed by atoms with E-state index in [1.165, 1.54) is 5.48 Å². The molecule has 0 atom stereocenters. The molecule has 0 aliphatic rings. The molecule has 0 aromatic carbocycles. The van der Waals surface area contributed by atoms with Crippen LogP contribution < -0.4 is 5.48 Å². The number of nitrogens with one attached hydrogen (secondary N) is 1. The average molecular weight is 118 g/mol. The standard InChI is InChI=1S/C3H4NO4/c1-2(5)8-4-3(6)7/h4H,1H3. The largest absolute Gasteiger partial charge is 0.482 e. The van der Waals surface area contributed by atoms with E-state index in [1.54, 1.807) is 0 Å². The van der Waals surface area contributed by atoms with Crippen LogP contribution in [0.2, 0.25) is 0 Å². The second-order valence-corrected chi connectivity index (χ2v) is 0.983. The molecule has 0 aromatic heterocycles. The van der Waals surface area contributed by atoms with Gasteiger partial charge in [-0.05, 0) is 0 Å². The number of carbonyl (C=O) groups excluding carboxylic acids is 2. The van der Waals surface area contributed by atoms with Crippen molar-refractivity contribution in [2.24, 2.45) is 0 Å². The summed E-state index contributed by atoms with van der Waals surface area (Å²) in [5.74, 6) is -0.728. The van der Waals surface area contributed by atoms with E-state index in [9.17, 15) is 14.7 Å². The molecular weight excluding hydrogens is 114 g/mol. The second kappa shape index (κ2) is 2.84. The fourth-order valence-corrected chi connectivity index (χ4v) is 0.114. The third kappa shape index (κ3) is 4.74. The van der Waals surface area contributed by atoms with Crippen molar-refractivity contribution in [2.75, 3.05) is 0 Å². The monoisotopic (exact) mass is 118 g/mol. The number of hydrogen-bond donors (Lipinski definition) is 1. The third-order valence-corrected chi connectivity index (χ3v) is 0.278. The summed E-state index contributed by atoms with van der Waals surface area (Å²) in [5, 5.41) is 9.40. The van der Waals surface area contributed by atoms with Crippen LogP contribution >= 0.6 is 0 Å². The van der Waals surface area contributed by atoms with Crippen molar-refractivity contribution in [3.63, 3.8) is 0 Å². The van der Waals surface area contributed by atoms with Gasteiger partial charge in [0.05, 0.1) is 0 Å². The van der Waals surface area contributed by atoms with Gasteiger partial charge in [0.25, 0.3) is 0 Å². The van der Waals surface area contributed by atoms with Crippen LogP contribution in [0.5, 0.6) is 0 Å². The van der Waals surface area contributed by atoms with Crippen molar-refractivity contribution < 1.29 is 19.5 Å². The smallest absolute Gasteiger partial charge is 0.338 e. The molecule has 0 rings (SSSR count). The highest BCUT2D eigenvalue weighted by Gasteiger charge is 1.97. The van der Waals surface area contributed by atoms with E-state index in [1.807, 2.05) is 0 Å².